The molecule has 5 nitrogen and oxygen atoms in total. The van der Waals surface area contributed by atoms with E-state index in [1.165, 1.54) is 0 Å². The van der Waals surface area contributed by atoms with Crippen LogP contribution in [0.1, 0.15) is 24.2 Å². The Labute approximate surface area is 126 Å². The lowest BCUT2D eigenvalue weighted by molar-refractivity contribution is 0.0917. The average Bonchev–Trinajstić information content (AvgIpc) is 2.91. The third kappa shape index (κ3) is 3.66. The number of amides is 1. The maximum absolute atomic E-state index is 12.3. The molecule has 0 aliphatic carbocycles. The molecule has 0 spiro atoms. The van der Waals surface area contributed by atoms with Gasteiger partial charge in [-0.15, -0.1) is 0 Å². The number of halogens is 1. The first kappa shape index (κ1) is 14.7. The van der Waals surface area contributed by atoms with E-state index in [1.807, 2.05) is 18.2 Å². The van der Waals surface area contributed by atoms with Crippen LogP contribution in [-0.4, -0.2) is 26.9 Å². The van der Waals surface area contributed by atoms with Gasteiger partial charge in [-0.05, 0) is 34.0 Å². The fraction of sp³-hybridized carbons (Fsp3) is 0.357. The Kier molecular flexibility index (Phi) is 4.89. The van der Waals surface area contributed by atoms with Crippen molar-refractivity contribution >= 4 is 21.8 Å². The van der Waals surface area contributed by atoms with Crippen molar-refractivity contribution in [1.82, 2.24) is 20.3 Å². The molecule has 0 saturated heterocycles. The number of nitrogens with zero attached hydrogens (tertiary/aromatic N) is 3. The highest BCUT2D eigenvalue weighted by Crippen LogP contribution is 2.16. The van der Waals surface area contributed by atoms with Crippen LogP contribution in [-0.2, 0) is 6.54 Å². The first-order valence-corrected chi connectivity index (χ1v) is 7.26. The minimum atomic E-state index is -0.0941. The third-order valence-corrected chi connectivity index (χ3v) is 3.76. The molecule has 1 N–H and O–H groups in total. The number of aromatic nitrogens is 3. The number of carbonyl (C=O) groups is 1. The van der Waals surface area contributed by atoms with Crippen LogP contribution in [0.15, 0.2) is 41.1 Å². The van der Waals surface area contributed by atoms with Gasteiger partial charge in [-0.25, -0.2) is 0 Å². The van der Waals surface area contributed by atoms with E-state index in [0.29, 0.717) is 12.1 Å². The number of carbonyl (C=O) groups excluding carboxylic acids is 1. The smallest absolute Gasteiger partial charge is 0.252 e. The first-order chi connectivity index (χ1) is 9.58. The maximum Gasteiger partial charge on any atom is 0.252 e. The molecule has 20 heavy (non-hydrogen) atoms. The molecule has 106 valence electrons. The molecule has 2 rings (SSSR count). The molecule has 0 aliphatic rings. The predicted octanol–water partition coefficient (Wildman–Crippen LogP) is 2.50. The van der Waals surface area contributed by atoms with Gasteiger partial charge in [0.25, 0.3) is 5.91 Å². The molecule has 0 fully saturated rings. The van der Waals surface area contributed by atoms with Gasteiger partial charge in [-0.1, -0.05) is 26.0 Å². The number of hydrogen-bond acceptors (Lipinski definition) is 3. The normalized spacial score (nSPS) is 12.4. The minimum Gasteiger partial charge on any atom is -0.347 e. The van der Waals surface area contributed by atoms with Crippen molar-refractivity contribution in [2.24, 2.45) is 5.92 Å². The summed E-state index contributed by atoms with van der Waals surface area (Å²) in [6.07, 6.45) is 3.26. The molecule has 1 amide bonds. The summed E-state index contributed by atoms with van der Waals surface area (Å²) >= 11 is 3.39. The lowest BCUT2D eigenvalue weighted by Crippen LogP contribution is -2.42. The highest BCUT2D eigenvalue weighted by molar-refractivity contribution is 9.10. The quantitative estimate of drug-likeness (QED) is 0.912. The van der Waals surface area contributed by atoms with Gasteiger partial charge in [0, 0.05) is 4.47 Å². The Morgan fingerprint density at radius 1 is 1.30 bits per heavy atom. The molecule has 0 unspecified atom stereocenters. The van der Waals surface area contributed by atoms with E-state index in [1.54, 1.807) is 23.3 Å². The predicted molar refractivity (Wildman–Crippen MR) is 80.3 cm³/mol. The lowest BCUT2D eigenvalue weighted by Gasteiger charge is -2.22. The molecule has 1 heterocycles. The maximum atomic E-state index is 12.3. The Morgan fingerprint density at radius 2 is 1.95 bits per heavy atom. The van der Waals surface area contributed by atoms with Crippen LogP contribution in [0.4, 0.5) is 0 Å². The fourth-order valence-corrected chi connectivity index (χ4v) is 2.29. The van der Waals surface area contributed by atoms with Crippen LogP contribution >= 0.6 is 15.9 Å². The second kappa shape index (κ2) is 6.65. The summed E-state index contributed by atoms with van der Waals surface area (Å²) in [5, 5.41) is 11.2. The molecule has 1 aromatic heterocycles. The standard InChI is InChI=1S/C14H17BrN4O/c1-10(2)13(9-19-16-7-8-17-19)18-14(20)11-5-3-4-6-12(11)15/h3-8,10,13H,9H2,1-2H3,(H,18,20)/t13-/m0/s1. The third-order valence-electron chi connectivity index (χ3n) is 3.07. The van der Waals surface area contributed by atoms with E-state index in [9.17, 15) is 4.79 Å². The van der Waals surface area contributed by atoms with E-state index in [0.717, 1.165) is 4.47 Å². The van der Waals surface area contributed by atoms with Gasteiger partial charge in [-0.3, -0.25) is 4.79 Å². The highest BCUT2D eigenvalue weighted by Gasteiger charge is 2.19. The zero-order valence-corrected chi connectivity index (χ0v) is 13.0. The van der Waals surface area contributed by atoms with E-state index >= 15 is 0 Å². The molecule has 1 atom stereocenters. The monoisotopic (exact) mass is 336 g/mol. The molecular weight excluding hydrogens is 320 g/mol. The van der Waals surface area contributed by atoms with Crippen molar-refractivity contribution in [2.75, 3.05) is 0 Å². The Morgan fingerprint density at radius 3 is 2.55 bits per heavy atom. The average molecular weight is 337 g/mol. The van der Waals surface area contributed by atoms with Gasteiger partial charge < -0.3 is 5.32 Å². The van der Waals surface area contributed by atoms with Crippen molar-refractivity contribution in [3.63, 3.8) is 0 Å². The van der Waals surface area contributed by atoms with Crippen molar-refractivity contribution in [3.8, 4) is 0 Å². The molecule has 0 aliphatic heterocycles. The number of hydrogen-bond donors (Lipinski definition) is 1. The van der Waals surface area contributed by atoms with Crippen LogP contribution in [0.3, 0.4) is 0 Å². The molecule has 0 saturated carbocycles. The Balaban J connectivity index is 2.08. The van der Waals surface area contributed by atoms with Crippen molar-refractivity contribution < 1.29 is 4.79 Å². The van der Waals surface area contributed by atoms with E-state index in [-0.39, 0.29) is 17.9 Å². The number of nitrogens with one attached hydrogen (secondary N) is 1. The van der Waals surface area contributed by atoms with Crippen molar-refractivity contribution in [3.05, 3.63) is 46.7 Å². The summed E-state index contributed by atoms with van der Waals surface area (Å²) in [6.45, 7) is 4.68. The number of rotatable bonds is 5. The zero-order chi connectivity index (χ0) is 14.5. The molecule has 2 aromatic rings. The summed E-state index contributed by atoms with van der Waals surface area (Å²) < 4.78 is 0.789. The van der Waals surface area contributed by atoms with E-state index < -0.39 is 0 Å². The minimum absolute atomic E-state index is 0.0259. The Bertz CT molecular complexity index is 568. The molecule has 6 heteroatoms. The molecule has 1 aromatic carbocycles. The van der Waals surface area contributed by atoms with Crippen molar-refractivity contribution in [1.29, 1.82) is 0 Å². The van der Waals surface area contributed by atoms with Crippen LogP contribution in [0, 0.1) is 5.92 Å². The fourth-order valence-electron chi connectivity index (χ4n) is 1.83. The van der Waals surface area contributed by atoms with Crippen LogP contribution in [0.25, 0.3) is 0 Å². The second-order valence-corrected chi connectivity index (χ2v) is 5.74. The van der Waals surface area contributed by atoms with Crippen LogP contribution < -0.4 is 5.32 Å². The molecular formula is C14H17BrN4O. The van der Waals surface area contributed by atoms with Gasteiger partial charge >= 0.3 is 0 Å². The van der Waals surface area contributed by atoms with E-state index in [2.05, 4.69) is 45.3 Å². The molecule has 0 radical (unpaired) electrons. The first-order valence-electron chi connectivity index (χ1n) is 6.47. The lowest BCUT2D eigenvalue weighted by atomic mass is 10.0. The summed E-state index contributed by atoms with van der Waals surface area (Å²) in [6, 6.07) is 7.35. The van der Waals surface area contributed by atoms with Crippen LogP contribution in [0.2, 0.25) is 0 Å². The van der Waals surface area contributed by atoms with Gasteiger partial charge in [0.2, 0.25) is 0 Å². The van der Waals surface area contributed by atoms with Gasteiger partial charge in [0.15, 0.2) is 0 Å². The largest absolute Gasteiger partial charge is 0.347 e. The highest BCUT2D eigenvalue weighted by atomic mass is 79.9. The van der Waals surface area contributed by atoms with Gasteiger partial charge in [0.1, 0.15) is 0 Å². The van der Waals surface area contributed by atoms with Gasteiger partial charge in [0.05, 0.1) is 30.5 Å². The van der Waals surface area contributed by atoms with E-state index in [4.69, 9.17) is 0 Å². The SMILES string of the molecule is CC(C)[C@H](Cn1nccn1)NC(=O)c1ccccc1Br. The Hall–Kier alpha value is -1.69. The summed E-state index contributed by atoms with van der Waals surface area (Å²) in [7, 11) is 0. The topological polar surface area (TPSA) is 59.8 Å². The number of benzene rings is 1. The second-order valence-electron chi connectivity index (χ2n) is 4.89. The zero-order valence-electron chi connectivity index (χ0n) is 11.5. The summed E-state index contributed by atoms with van der Waals surface area (Å²) in [5.74, 6) is 0.191. The summed E-state index contributed by atoms with van der Waals surface area (Å²) in [4.78, 5) is 13.9. The molecule has 0 bridgehead atoms. The van der Waals surface area contributed by atoms with Crippen LogP contribution in [0.5, 0.6) is 0 Å². The van der Waals surface area contributed by atoms with Gasteiger partial charge in [-0.2, -0.15) is 15.0 Å². The van der Waals surface area contributed by atoms with Crippen molar-refractivity contribution in [2.45, 2.75) is 26.4 Å². The summed E-state index contributed by atoms with van der Waals surface area (Å²) in [5.41, 5.74) is 0.631.